The highest BCUT2D eigenvalue weighted by atomic mass is 32.1. The third kappa shape index (κ3) is 2.62. The maximum Gasteiger partial charge on any atom is 0.190 e. The second-order valence-electron chi connectivity index (χ2n) is 4.62. The van der Waals surface area contributed by atoms with Gasteiger partial charge in [0.15, 0.2) is 12.4 Å². The van der Waals surface area contributed by atoms with E-state index in [1.165, 1.54) is 23.7 Å². The Hall–Kier alpha value is -2.71. The zero-order chi connectivity index (χ0) is 14.8. The third-order valence-corrected chi connectivity index (χ3v) is 4.27. The van der Waals surface area contributed by atoms with Crippen molar-refractivity contribution in [1.29, 1.82) is 5.26 Å². The smallest absolute Gasteiger partial charge is 0.190 e. The first-order valence-corrected chi connectivity index (χ1v) is 7.15. The van der Waals surface area contributed by atoms with Gasteiger partial charge >= 0.3 is 0 Å². The van der Waals surface area contributed by atoms with E-state index in [1.807, 2.05) is 19.1 Å². The summed E-state index contributed by atoms with van der Waals surface area (Å²) in [4.78, 5) is 5.42. The highest BCUT2D eigenvalue weighted by Gasteiger charge is 2.11. The number of hydrogen-bond donors (Lipinski definition) is 0. The van der Waals surface area contributed by atoms with Crippen LogP contribution in [0.2, 0.25) is 0 Å². The van der Waals surface area contributed by atoms with Crippen LogP contribution in [-0.2, 0) is 0 Å². The van der Waals surface area contributed by atoms with Gasteiger partial charge in [0, 0.05) is 12.3 Å². The van der Waals surface area contributed by atoms with Crippen LogP contribution in [-0.4, -0.2) is 4.98 Å². The fourth-order valence-electron chi connectivity index (χ4n) is 2.01. The van der Waals surface area contributed by atoms with Crippen LogP contribution in [0.5, 0.6) is 0 Å². The van der Waals surface area contributed by atoms with E-state index in [4.69, 9.17) is 5.26 Å². The Kier molecular flexibility index (Phi) is 3.38. The average Bonchev–Trinajstić information content (AvgIpc) is 2.99. The maximum absolute atomic E-state index is 11.4. The van der Waals surface area contributed by atoms with Crippen molar-refractivity contribution in [2.75, 3.05) is 0 Å². The average molecular weight is 293 g/mol. The van der Waals surface area contributed by atoms with Crippen LogP contribution in [0.1, 0.15) is 11.1 Å². The fourth-order valence-corrected chi connectivity index (χ4v) is 3.01. The van der Waals surface area contributed by atoms with E-state index < -0.39 is 0 Å². The molecule has 0 amide bonds. The molecule has 0 fully saturated rings. The quantitative estimate of drug-likeness (QED) is 0.538. The van der Waals surface area contributed by atoms with E-state index >= 15 is 0 Å². The van der Waals surface area contributed by atoms with Crippen molar-refractivity contribution in [3.05, 3.63) is 65.3 Å². The minimum Gasteiger partial charge on any atom is -0.619 e. The summed E-state index contributed by atoms with van der Waals surface area (Å²) in [7, 11) is 0. The van der Waals surface area contributed by atoms with Crippen molar-refractivity contribution in [2.45, 2.75) is 6.92 Å². The minimum atomic E-state index is 0.634. The van der Waals surface area contributed by atoms with Gasteiger partial charge in [0.05, 0.1) is 22.1 Å². The van der Waals surface area contributed by atoms with Gasteiger partial charge in [-0.1, -0.05) is 12.1 Å². The number of benzene rings is 1. The lowest BCUT2D eigenvalue weighted by molar-refractivity contribution is -0.604. The van der Waals surface area contributed by atoms with Crippen molar-refractivity contribution in [2.24, 2.45) is 0 Å². The minimum absolute atomic E-state index is 0.634. The number of pyridine rings is 1. The lowest BCUT2D eigenvalue weighted by atomic mass is 10.1. The van der Waals surface area contributed by atoms with Gasteiger partial charge in [-0.3, -0.25) is 0 Å². The highest BCUT2D eigenvalue weighted by Crippen LogP contribution is 2.32. The topological polar surface area (TPSA) is 63.6 Å². The van der Waals surface area contributed by atoms with Crippen LogP contribution >= 0.6 is 11.3 Å². The van der Waals surface area contributed by atoms with Crippen LogP contribution in [0.25, 0.3) is 21.0 Å². The standard InChI is InChI=1S/C16H11N3OS/c1-11-6-7-19(20)10-14(11)16-18-9-15(21-16)13-4-2-12(8-17)3-5-13/h2-7,9-10H,1H3. The molecule has 0 aliphatic heterocycles. The summed E-state index contributed by atoms with van der Waals surface area (Å²) >= 11 is 1.53. The predicted molar refractivity (Wildman–Crippen MR) is 81.4 cm³/mol. The Morgan fingerprint density at radius 3 is 2.71 bits per heavy atom. The van der Waals surface area contributed by atoms with Gasteiger partial charge < -0.3 is 5.21 Å². The number of aromatic nitrogens is 2. The Morgan fingerprint density at radius 1 is 1.24 bits per heavy atom. The second kappa shape index (κ2) is 5.35. The second-order valence-corrected chi connectivity index (χ2v) is 5.65. The molecule has 0 bridgehead atoms. The molecule has 3 aromatic rings. The molecule has 0 spiro atoms. The first-order valence-electron chi connectivity index (χ1n) is 6.33. The van der Waals surface area contributed by atoms with E-state index in [0.717, 1.165) is 31.3 Å². The molecule has 3 rings (SSSR count). The molecular weight excluding hydrogens is 282 g/mol. The lowest BCUT2D eigenvalue weighted by Crippen LogP contribution is -2.24. The van der Waals surface area contributed by atoms with Crippen molar-refractivity contribution >= 4 is 11.3 Å². The normalized spacial score (nSPS) is 10.3. The van der Waals surface area contributed by atoms with E-state index in [0.29, 0.717) is 5.56 Å². The molecule has 0 radical (unpaired) electrons. The summed E-state index contributed by atoms with van der Waals surface area (Å²) in [5.74, 6) is 0. The van der Waals surface area contributed by atoms with Gasteiger partial charge in [-0.15, -0.1) is 11.3 Å². The SMILES string of the molecule is Cc1cc[n+]([O-])cc1-c1ncc(-c2ccc(C#N)cc2)s1. The van der Waals surface area contributed by atoms with Crippen LogP contribution < -0.4 is 4.73 Å². The number of nitrogens with zero attached hydrogens (tertiary/aromatic N) is 3. The summed E-state index contributed by atoms with van der Waals surface area (Å²) in [5.41, 5.74) is 3.51. The first-order chi connectivity index (χ1) is 10.2. The zero-order valence-electron chi connectivity index (χ0n) is 11.3. The molecule has 0 saturated carbocycles. The van der Waals surface area contributed by atoms with Crippen molar-refractivity contribution in [3.8, 4) is 27.1 Å². The number of hydrogen-bond acceptors (Lipinski definition) is 4. The summed E-state index contributed by atoms with van der Waals surface area (Å²) in [6.45, 7) is 1.96. The van der Waals surface area contributed by atoms with Gasteiger partial charge in [-0.25, -0.2) is 4.98 Å². The Bertz CT molecular complexity index is 831. The molecule has 0 N–H and O–H groups in total. The summed E-state index contributed by atoms with van der Waals surface area (Å²) < 4.78 is 0.783. The molecular formula is C16H11N3OS. The molecule has 0 atom stereocenters. The van der Waals surface area contributed by atoms with E-state index in [9.17, 15) is 5.21 Å². The molecule has 0 aliphatic carbocycles. The molecule has 5 heteroatoms. The number of thiazole rings is 1. The fraction of sp³-hybridized carbons (Fsp3) is 0.0625. The van der Waals surface area contributed by atoms with Gasteiger partial charge in [-0.05, 0) is 30.2 Å². The van der Waals surface area contributed by atoms with E-state index in [-0.39, 0.29) is 0 Å². The summed E-state index contributed by atoms with van der Waals surface area (Å²) in [6.07, 6.45) is 4.81. The molecule has 102 valence electrons. The van der Waals surface area contributed by atoms with Crippen molar-refractivity contribution < 1.29 is 4.73 Å². The summed E-state index contributed by atoms with van der Waals surface area (Å²) in [6, 6.07) is 11.3. The molecule has 21 heavy (non-hydrogen) atoms. The molecule has 4 nitrogen and oxygen atoms in total. The summed E-state index contributed by atoms with van der Waals surface area (Å²) in [5, 5.41) is 21.1. The Morgan fingerprint density at radius 2 is 2.00 bits per heavy atom. The van der Waals surface area contributed by atoms with Crippen molar-refractivity contribution in [1.82, 2.24) is 4.98 Å². The molecule has 0 unspecified atom stereocenters. The van der Waals surface area contributed by atoms with Gasteiger partial charge in [-0.2, -0.15) is 9.99 Å². The number of rotatable bonds is 2. The third-order valence-electron chi connectivity index (χ3n) is 3.19. The molecule has 2 aromatic heterocycles. The van der Waals surface area contributed by atoms with Crippen molar-refractivity contribution in [3.63, 3.8) is 0 Å². The maximum atomic E-state index is 11.4. The largest absolute Gasteiger partial charge is 0.619 e. The van der Waals surface area contributed by atoms with Gasteiger partial charge in [0.1, 0.15) is 5.01 Å². The predicted octanol–water partition coefficient (Wildman–Crippen LogP) is 3.29. The molecule has 2 heterocycles. The number of aryl methyl sites for hydroxylation is 1. The molecule has 1 aromatic carbocycles. The Balaban J connectivity index is 1.99. The number of nitriles is 1. The van der Waals surface area contributed by atoms with Gasteiger partial charge in [0.25, 0.3) is 0 Å². The van der Waals surface area contributed by atoms with Crippen LogP contribution in [0.15, 0.2) is 48.9 Å². The molecule has 0 aliphatic rings. The van der Waals surface area contributed by atoms with E-state index in [2.05, 4.69) is 11.1 Å². The van der Waals surface area contributed by atoms with Crippen LogP contribution in [0, 0.1) is 23.5 Å². The molecule has 0 saturated heterocycles. The van der Waals surface area contributed by atoms with Gasteiger partial charge in [0.2, 0.25) is 0 Å². The monoisotopic (exact) mass is 293 g/mol. The van der Waals surface area contributed by atoms with Crippen LogP contribution in [0.3, 0.4) is 0 Å². The zero-order valence-corrected chi connectivity index (χ0v) is 12.1. The Labute approximate surface area is 126 Å². The lowest BCUT2D eigenvalue weighted by Gasteiger charge is -2.01. The first kappa shape index (κ1) is 13.3. The highest BCUT2D eigenvalue weighted by molar-refractivity contribution is 7.18. The van der Waals surface area contributed by atoms with Crippen LogP contribution in [0.4, 0.5) is 0 Å². The van der Waals surface area contributed by atoms with E-state index in [1.54, 1.807) is 24.4 Å².